The van der Waals surface area contributed by atoms with E-state index in [-0.39, 0.29) is 0 Å². The Hall–Kier alpha value is -1.37. The Morgan fingerprint density at radius 1 is 1.07 bits per heavy atom. The van der Waals surface area contributed by atoms with Crippen LogP contribution in [-0.2, 0) is 0 Å². The summed E-state index contributed by atoms with van der Waals surface area (Å²) >= 11 is 0. The van der Waals surface area contributed by atoms with Gasteiger partial charge in [-0.1, -0.05) is 24.3 Å². The van der Waals surface area contributed by atoms with Gasteiger partial charge >= 0.3 is 0 Å². The van der Waals surface area contributed by atoms with E-state index in [9.17, 15) is 0 Å². The fourth-order valence-electron chi connectivity index (χ4n) is 1.21. The number of allylic oxidation sites excluding steroid dienone is 1. The first-order chi connectivity index (χ1) is 6.93. The molecule has 1 rings (SSSR count). The molecule has 14 heavy (non-hydrogen) atoms. The molecule has 0 heterocycles. The maximum Gasteiger partial charge on any atom is 0.0625 e. The molecule has 0 radical (unpaired) electrons. The Bertz CT molecular complexity index is 275. The number of rotatable bonds is 6. The van der Waals surface area contributed by atoms with E-state index in [1.807, 2.05) is 42.6 Å². The number of hydrogen-bond acceptors (Lipinski definition) is 1. The lowest BCUT2D eigenvalue weighted by Gasteiger charge is -1.93. The Morgan fingerprint density at radius 3 is 2.50 bits per heavy atom. The average molecular weight is 187 g/mol. The summed E-state index contributed by atoms with van der Waals surface area (Å²) in [6, 6.07) is 10.0. The highest BCUT2D eigenvalue weighted by Gasteiger charge is 1.85. The molecule has 1 heteroatoms. The van der Waals surface area contributed by atoms with E-state index < -0.39 is 0 Å². The third kappa shape index (κ3) is 4.61. The second kappa shape index (κ2) is 7.07. The molecule has 74 valence electrons. The first-order valence-electron chi connectivity index (χ1n) is 5.12. The summed E-state index contributed by atoms with van der Waals surface area (Å²) in [6.07, 6.45) is 8.54. The van der Waals surface area contributed by atoms with Crippen molar-refractivity contribution in [1.82, 2.24) is 0 Å². The molecule has 1 aromatic carbocycles. The second-order valence-electron chi connectivity index (χ2n) is 3.22. The van der Waals surface area contributed by atoms with Crippen molar-refractivity contribution in [2.45, 2.75) is 25.7 Å². The van der Waals surface area contributed by atoms with Crippen molar-refractivity contribution in [1.29, 1.82) is 0 Å². The first-order valence-corrected chi connectivity index (χ1v) is 5.12. The molecule has 0 fully saturated rings. The van der Waals surface area contributed by atoms with E-state index in [0.29, 0.717) is 0 Å². The molecule has 0 saturated carbocycles. The van der Waals surface area contributed by atoms with Gasteiger partial charge in [-0.3, -0.25) is 4.99 Å². The van der Waals surface area contributed by atoms with Crippen molar-refractivity contribution < 1.29 is 0 Å². The van der Waals surface area contributed by atoms with E-state index in [2.05, 4.69) is 11.6 Å². The lowest BCUT2D eigenvalue weighted by Crippen LogP contribution is -1.77. The van der Waals surface area contributed by atoms with Gasteiger partial charge in [0.2, 0.25) is 0 Å². The summed E-state index contributed by atoms with van der Waals surface area (Å²) < 4.78 is 0. The van der Waals surface area contributed by atoms with Gasteiger partial charge in [0.25, 0.3) is 0 Å². The van der Waals surface area contributed by atoms with Crippen LogP contribution in [0.3, 0.4) is 0 Å². The zero-order valence-corrected chi connectivity index (χ0v) is 8.52. The van der Waals surface area contributed by atoms with Crippen molar-refractivity contribution in [2.75, 3.05) is 0 Å². The summed E-state index contributed by atoms with van der Waals surface area (Å²) in [5.74, 6) is 0. The van der Waals surface area contributed by atoms with Gasteiger partial charge in [0, 0.05) is 6.21 Å². The minimum Gasteiger partial charge on any atom is -0.261 e. The van der Waals surface area contributed by atoms with Crippen LogP contribution in [0.5, 0.6) is 0 Å². The van der Waals surface area contributed by atoms with Crippen LogP contribution >= 0.6 is 0 Å². The van der Waals surface area contributed by atoms with E-state index in [4.69, 9.17) is 0 Å². The predicted octanol–water partition coefficient (Wildman–Crippen LogP) is 4.14. The number of aliphatic imine (C=N–C) groups is 1. The maximum absolute atomic E-state index is 4.35. The molecule has 0 bridgehead atoms. The molecule has 0 atom stereocenters. The molecule has 0 spiro atoms. The van der Waals surface area contributed by atoms with Crippen LogP contribution in [0.4, 0.5) is 5.69 Å². The zero-order chi connectivity index (χ0) is 10.1. The lowest BCUT2D eigenvalue weighted by atomic mass is 10.2. The average Bonchev–Trinajstić information content (AvgIpc) is 2.25. The molecule has 0 aromatic heterocycles. The topological polar surface area (TPSA) is 12.4 Å². The molecule has 1 aromatic rings. The molecular weight excluding hydrogens is 170 g/mol. The Balaban J connectivity index is 2.18. The van der Waals surface area contributed by atoms with Gasteiger partial charge < -0.3 is 0 Å². The minimum absolute atomic E-state index is 1.04. The summed E-state index contributed by atoms with van der Waals surface area (Å²) in [7, 11) is 0. The summed E-state index contributed by atoms with van der Waals surface area (Å²) in [5.41, 5.74) is 1.04. The van der Waals surface area contributed by atoms with E-state index in [1.165, 1.54) is 12.8 Å². The van der Waals surface area contributed by atoms with Crippen LogP contribution in [0.15, 0.2) is 48.0 Å². The monoisotopic (exact) mass is 187 g/mol. The molecule has 0 saturated heterocycles. The Labute approximate surface area is 86.2 Å². The second-order valence-corrected chi connectivity index (χ2v) is 3.22. The summed E-state index contributed by atoms with van der Waals surface area (Å²) in [5, 5.41) is 0. The van der Waals surface area contributed by atoms with Gasteiger partial charge in [-0.2, -0.15) is 0 Å². The third-order valence-electron chi connectivity index (χ3n) is 1.99. The Kier molecular flexibility index (Phi) is 5.41. The molecular formula is C13H17N. The van der Waals surface area contributed by atoms with Gasteiger partial charge in [-0.05, 0) is 37.8 Å². The molecule has 0 amide bonds. The van der Waals surface area contributed by atoms with Crippen molar-refractivity contribution in [3.05, 3.63) is 43.0 Å². The van der Waals surface area contributed by atoms with Crippen LogP contribution in [0, 0.1) is 0 Å². The highest BCUT2D eigenvalue weighted by atomic mass is 14.7. The molecule has 0 aliphatic rings. The van der Waals surface area contributed by atoms with Crippen molar-refractivity contribution >= 4 is 11.9 Å². The van der Waals surface area contributed by atoms with Crippen molar-refractivity contribution in [3.8, 4) is 0 Å². The van der Waals surface area contributed by atoms with Crippen LogP contribution in [0.25, 0.3) is 0 Å². The fraction of sp³-hybridized carbons (Fsp3) is 0.308. The first kappa shape index (κ1) is 10.7. The van der Waals surface area contributed by atoms with Gasteiger partial charge in [-0.25, -0.2) is 0 Å². The van der Waals surface area contributed by atoms with Crippen molar-refractivity contribution in [3.63, 3.8) is 0 Å². The summed E-state index contributed by atoms with van der Waals surface area (Å²) in [4.78, 5) is 4.35. The Morgan fingerprint density at radius 2 is 1.79 bits per heavy atom. The van der Waals surface area contributed by atoms with Gasteiger partial charge in [0.15, 0.2) is 0 Å². The minimum atomic E-state index is 1.04. The highest BCUT2D eigenvalue weighted by Crippen LogP contribution is 2.09. The van der Waals surface area contributed by atoms with Crippen LogP contribution in [0.2, 0.25) is 0 Å². The largest absolute Gasteiger partial charge is 0.261 e. The normalized spacial score (nSPS) is 10.6. The SMILES string of the molecule is C=CCCCCC=Nc1ccccc1. The molecule has 0 aliphatic heterocycles. The molecule has 0 N–H and O–H groups in total. The van der Waals surface area contributed by atoms with Crippen LogP contribution in [0.1, 0.15) is 25.7 Å². The van der Waals surface area contributed by atoms with Crippen LogP contribution in [-0.4, -0.2) is 6.21 Å². The number of nitrogens with zero attached hydrogens (tertiary/aromatic N) is 1. The van der Waals surface area contributed by atoms with E-state index in [1.54, 1.807) is 0 Å². The zero-order valence-electron chi connectivity index (χ0n) is 8.52. The highest BCUT2D eigenvalue weighted by molar-refractivity contribution is 5.62. The quantitative estimate of drug-likeness (QED) is 0.360. The number of hydrogen-bond donors (Lipinski definition) is 0. The fourth-order valence-corrected chi connectivity index (χ4v) is 1.21. The molecule has 0 aliphatic carbocycles. The smallest absolute Gasteiger partial charge is 0.0625 e. The van der Waals surface area contributed by atoms with Crippen LogP contribution < -0.4 is 0 Å². The number of unbranched alkanes of at least 4 members (excludes halogenated alkanes) is 3. The molecule has 1 nitrogen and oxygen atoms in total. The standard InChI is InChI=1S/C13H17N/c1-2-3-4-5-9-12-14-13-10-7-6-8-11-13/h2,6-8,10-12H,1,3-5,9H2. The van der Waals surface area contributed by atoms with Crippen molar-refractivity contribution in [2.24, 2.45) is 4.99 Å². The predicted molar refractivity (Wildman–Crippen MR) is 63.3 cm³/mol. The van der Waals surface area contributed by atoms with Gasteiger partial charge in [-0.15, -0.1) is 6.58 Å². The third-order valence-corrected chi connectivity index (χ3v) is 1.99. The van der Waals surface area contributed by atoms with Gasteiger partial charge in [0.1, 0.15) is 0 Å². The maximum atomic E-state index is 4.35. The van der Waals surface area contributed by atoms with Gasteiger partial charge in [0.05, 0.1) is 5.69 Å². The van der Waals surface area contributed by atoms with E-state index >= 15 is 0 Å². The number of benzene rings is 1. The van der Waals surface area contributed by atoms with E-state index in [0.717, 1.165) is 18.5 Å². The molecule has 0 unspecified atom stereocenters. The summed E-state index contributed by atoms with van der Waals surface area (Å²) in [6.45, 7) is 3.69. The number of para-hydroxylation sites is 1. The lowest BCUT2D eigenvalue weighted by molar-refractivity contribution is 0.784.